The van der Waals surface area contributed by atoms with E-state index in [9.17, 15) is 0 Å². The zero-order valence-corrected chi connectivity index (χ0v) is 12.8. The van der Waals surface area contributed by atoms with E-state index >= 15 is 0 Å². The Labute approximate surface area is 118 Å². The van der Waals surface area contributed by atoms with E-state index in [0.29, 0.717) is 5.92 Å². The number of anilines is 1. The van der Waals surface area contributed by atoms with Gasteiger partial charge in [0.25, 0.3) is 0 Å². The quantitative estimate of drug-likeness (QED) is 0.785. The van der Waals surface area contributed by atoms with Crippen LogP contribution in [0.1, 0.15) is 33.1 Å². The molecule has 98 valence electrons. The topological polar surface area (TPSA) is 15.6 Å². The molecule has 1 aromatic carbocycles. The molecule has 0 atom stereocenters. The molecule has 1 aliphatic heterocycles. The smallest absolute Gasteiger partial charge is 0.106 e. The summed E-state index contributed by atoms with van der Waals surface area (Å²) < 4.78 is 1.13. The van der Waals surface area contributed by atoms with Gasteiger partial charge in [-0.15, -0.1) is 0 Å². The van der Waals surface area contributed by atoms with Crippen molar-refractivity contribution in [2.75, 3.05) is 18.0 Å². The van der Waals surface area contributed by atoms with Gasteiger partial charge in [0.05, 0.1) is 0 Å². The predicted molar refractivity (Wildman–Crippen MR) is 82.5 cm³/mol. The molecule has 18 heavy (non-hydrogen) atoms. The Kier molecular flexibility index (Phi) is 4.81. The fraction of sp³-hybridized carbons (Fsp3) is 0.533. The van der Waals surface area contributed by atoms with Gasteiger partial charge in [0.1, 0.15) is 5.84 Å². The summed E-state index contributed by atoms with van der Waals surface area (Å²) in [4.78, 5) is 7.18. The third kappa shape index (κ3) is 3.35. The van der Waals surface area contributed by atoms with Crippen LogP contribution in [0.2, 0.25) is 0 Å². The van der Waals surface area contributed by atoms with Gasteiger partial charge in [-0.05, 0) is 43.5 Å². The molecule has 0 amide bonds. The van der Waals surface area contributed by atoms with Crippen LogP contribution < -0.4 is 4.90 Å². The standard InChI is InChI=1S/C15H21BrN2/c1-12(2)15-17-10-4-3-5-11-18(15)14-8-6-13(16)7-9-14/h6-9,12H,3-5,10-11H2,1-2H3. The Morgan fingerprint density at radius 1 is 1.11 bits per heavy atom. The Balaban J connectivity index is 2.30. The Bertz CT molecular complexity index is 409. The highest BCUT2D eigenvalue weighted by molar-refractivity contribution is 9.10. The molecule has 0 saturated heterocycles. The van der Waals surface area contributed by atoms with Crippen molar-refractivity contribution in [1.82, 2.24) is 0 Å². The summed E-state index contributed by atoms with van der Waals surface area (Å²) in [5.74, 6) is 1.71. The lowest BCUT2D eigenvalue weighted by Crippen LogP contribution is -2.36. The van der Waals surface area contributed by atoms with Gasteiger partial charge in [-0.25, -0.2) is 0 Å². The number of amidine groups is 1. The minimum atomic E-state index is 0.478. The Hall–Kier alpha value is -0.830. The van der Waals surface area contributed by atoms with E-state index < -0.39 is 0 Å². The molecule has 1 aromatic rings. The molecule has 0 saturated carbocycles. The molecule has 1 heterocycles. The summed E-state index contributed by atoms with van der Waals surface area (Å²) in [7, 11) is 0. The van der Waals surface area contributed by atoms with Gasteiger partial charge in [0, 0.05) is 29.2 Å². The fourth-order valence-electron chi connectivity index (χ4n) is 2.33. The van der Waals surface area contributed by atoms with Crippen LogP contribution >= 0.6 is 15.9 Å². The minimum Gasteiger partial charge on any atom is -0.330 e. The molecule has 0 bridgehead atoms. The first-order valence-electron chi connectivity index (χ1n) is 6.76. The molecular formula is C15H21BrN2. The summed E-state index contributed by atoms with van der Waals surface area (Å²) in [5, 5.41) is 0. The summed E-state index contributed by atoms with van der Waals surface area (Å²) in [5.41, 5.74) is 1.26. The summed E-state index contributed by atoms with van der Waals surface area (Å²) >= 11 is 3.49. The number of benzene rings is 1. The molecule has 1 aliphatic rings. The summed E-state index contributed by atoms with van der Waals surface area (Å²) in [6.45, 7) is 6.51. The van der Waals surface area contributed by atoms with E-state index in [1.807, 2.05) is 0 Å². The number of hydrogen-bond donors (Lipinski definition) is 0. The van der Waals surface area contributed by atoms with Gasteiger partial charge < -0.3 is 4.90 Å². The molecule has 2 rings (SSSR count). The molecule has 0 unspecified atom stereocenters. The van der Waals surface area contributed by atoms with Gasteiger partial charge in [-0.1, -0.05) is 29.8 Å². The van der Waals surface area contributed by atoms with Gasteiger partial charge in [0.2, 0.25) is 0 Å². The fourth-order valence-corrected chi connectivity index (χ4v) is 2.59. The third-order valence-corrected chi connectivity index (χ3v) is 3.77. The van der Waals surface area contributed by atoms with Crippen molar-refractivity contribution in [3.8, 4) is 0 Å². The van der Waals surface area contributed by atoms with E-state index in [1.54, 1.807) is 0 Å². The van der Waals surface area contributed by atoms with Gasteiger partial charge in [0.15, 0.2) is 0 Å². The second-order valence-corrected chi connectivity index (χ2v) is 6.00. The monoisotopic (exact) mass is 308 g/mol. The van der Waals surface area contributed by atoms with Gasteiger partial charge in [-0.2, -0.15) is 0 Å². The maximum atomic E-state index is 4.79. The molecule has 0 aromatic heterocycles. The molecule has 0 N–H and O–H groups in total. The van der Waals surface area contributed by atoms with Crippen molar-refractivity contribution in [3.63, 3.8) is 0 Å². The van der Waals surface area contributed by atoms with E-state index in [-0.39, 0.29) is 0 Å². The van der Waals surface area contributed by atoms with Crippen LogP contribution in [0.25, 0.3) is 0 Å². The van der Waals surface area contributed by atoms with Crippen LogP contribution in [0.3, 0.4) is 0 Å². The van der Waals surface area contributed by atoms with Gasteiger partial charge in [-0.3, -0.25) is 4.99 Å². The molecule has 0 radical (unpaired) electrons. The average molecular weight is 309 g/mol. The van der Waals surface area contributed by atoms with E-state index in [2.05, 4.69) is 58.9 Å². The van der Waals surface area contributed by atoms with E-state index in [4.69, 9.17) is 4.99 Å². The van der Waals surface area contributed by atoms with Crippen LogP contribution in [0, 0.1) is 5.92 Å². The normalized spacial score (nSPS) is 17.3. The minimum absolute atomic E-state index is 0.478. The van der Waals surface area contributed by atoms with Crippen molar-refractivity contribution < 1.29 is 0 Å². The lowest BCUT2D eigenvalue weighted by Gasteiger charge is -2.30. The van der Waals surface area contributed by atoms with E-state index in [1.165, 1.54) is 30.8 Å². The Morgan fingerprint density at radius 2 is 1.83 bits per heavy atom. The number of aliphatic imine (C=N–C) groups is 1. The lowest BCUT2D eigenvalue weighted by molar-refractivity contribution is 0.659. The summed E-state index contributed by atoms with van der Waals surface area (Å²) in [6, 6.07) is 8.55. The molecule has 2 nitrogen and oxygen atoms in total. The Morgan fingerprint density at radius 3 is 2.50 bits per heavy atom. The summed E-state index contributed by atoms with van der Waals surface area (Å²) in [6.07, 6.45) is 3.76. The van der Waals surface area contributed by atoms with Crippen molar-refractivity contribution in [2.24, 2.45) is 10.9 Å². The number of hydrogen-bond acceptors (Lipinski definition) is 2. The third-order valence-electron chi connectivity index (χ3n) is 3.24. The number of rotatable bonds is 2. The maximum absolute atomic E-state index is 4.79. The van der Waals surface area contributed by atoms with Crippen molar-refractivity contribution in [2.45, 2.75) is 33.1 Å². The van der Waals surface area contributed by atoms with Crippen LogP contribution in [-0.4, -0.2) is 18.9 Å². The first kappa shape index (κ1) is 13.6. The van der Waals surface area contributed by atoms with Crippen LogP contribution in [-0.2, 0) is 0 Å². The molecule has 3 heteroatoms. The van der Waals surface area contributed by atoms with Crippen LogP contribution in [0.5, 0.6) is 0 Å². The second kappa shape index (κ2) is 6.37. The first-order chi connectivity index (χ1) is 8.68. The number of nitrogens with zero attached hydrogens (tertiary/aromatic N) is 2. The SMILES string of the molecule is CC(C)C1=NCCCCCN1c1ccc(Br)cc1. The molecular weight excluding hydrogens is 288 g/mol. The molecule has 0 aliphatic carbocycles. The second-order valence-electron chi connectivity index (χ2n) is 5.08. The first-order valence-corrected chi connectivity index (χ1v) is 7.55. The highest BCUT2D eigenvalue weighted by Crippen LogP contribution is 2.22. The van der Waals surface area contributed by atoms with E-state index in [0.717, 1.165) is 17.6 Å². The van der Waals surface area contributed by atoms with Crippen molar-refractivity contribution in [3.05, 3.63) is 28.7 Å². The highest BCUT2D eigenvalue weighted by Gasteiger charge is 2.17. The maximum Gasteiger partial charge on any atom is 0.106 e. The highest BCUT2D eigenvalue weighted by atomic mass is 79.9. The largest absolute Gasteiger partial charge is 0.330 e. The van der Waals surface area contributed by atoms with Gasteiger partial charge >= 0.3 is 0 Å². The average Bonchev–Trinajstić information content (AvgIpc) is 2.30. The number of halogens is 1. The predicted octanol–water partition coefficient (Wildman–Crippen LogP) is 4.49. The zero-order chi connectivity index (χ0) is 13.0. The van der Waals surface area contributed by atoms with Crippen LogP contribution in [0.4, 0.5) is 5.69 Å². The van der Waals surface area contributed by atoms with Crippen molar-refractivity contribution >= 4 is 27.5 Å². The molecule has 0 fully saturated rings. The zero-order valence-electron chi connectivity index (χ0n) is 11.2. The van der Waals surface area contributed by atoms with Crippen LogP contribution in [0.15, 0.2) is 33.7 Å². The lowest BCUT2D eigenvalue weighted by atomic mass is 10.1. The molecule has 0 spiro atoms. The van der Waals surface area contributed by atoms with Crippen molar-refractivity contribution in [1.29, 1.82) is 0 Å².